The van der Waals surface area contributed by atoms with Crippen molar-refractivity contribution in [3.8, 4) is 0 Å². The van der Waals surface area contributed by atoms with Crippen LogP contribution in [0.4, 0.5) is 8.78 Å². The third-order valence-corrected chi connectivity index (χ3v) is 6.40. The number of hydrogen-bond acceptors (Lipinski definition) is 5. The summed E-state index contributed by atoms with van der Waals surface area (Å²) in [5.41, 5.74) is 11.5. The molecule has 0 saturated heterocycles. The van der Waals surface area contributed by atoms with Crippen LogP contribution >= 0.6 is 0 Å². The molecule has 0 spiro atoms. The maximum absolute atomic E-state index is 14.4. The van der Waals surface area contributed by atoms with Crippen molar-refractivity contribution in [3.05, 3.63) is 64.5 Å². The zero-order chi connectivity index (χ0) is 23.5. The van der Waals surface area contributed by atoms with Gasteiger partial charge in [-0.25, -0.2) is 19.2 Å². The molecule has 1 saturated carbocycles. The predicted molar refractivity (Wildman–Crippen MR) is 123 cm³/mol. The molecule has 0 radical (unpaired) electrons. The van der Waals surface area contributed by atoms with Gasteiger partial charge in [-0.15, -0.1) is 0 Å². The van der Waals surface area contributed by atoms with Gasteiger partial charge in [0.25, 0.3) is 0 Å². The lowest BCUT2D eigenvalue weighted by Gasteiger charge is -2.14. The number of aromatic amines is 1. The molecule has 1 unspecified atom stereocenters. The number of nitrogens with two attached hydrogens (primary N) is 1. The van der Waals surface area contributed by atoms with Crippen molar-refractivity contribution in [3.63, 3.8) is 0 Å². The Balaban J connectivity index is 1.50. The quantitative estimate of drug-likeness (QED) is 0.511. The molecular formula is C24H30F2N6O. The van der Waals surface area contributed by atoms with E-state index in [1.807, 2.05) is 13.2 Å². The average Bonchev–Trinajstić information content (AvgIpc) is 3.55. The molecule has 1 amide bonds. The first kappa shape index (κ1) is 23.0. The molecule has 2 heterocycles. The second-order valence-corrected chi connectivity index (χ2v) is 8.73. The topological polar surface area (TPSA) is 99.1 Å². The Labute approximate surface area is 192 Å². The van der Waals surface area contributed by atoms with E-state index in [1.165, 1.54) is 25.1 Å². The number of nitrogens with zero attached hydrogens (tertiary/aromatic N) is 2. The largest absolute Gasteiger partial charge is 0.405 e. The minimum atomic E-state index is -0.955. The van der Waals surface area contributed by atoms with Gasteiger partial charge in [0.05, 0.1) is 17.3 Å². The number of carbonyl (C=O) groups excluding carboxylic acids is 1. The predicted octanol–water partition coefficient (Wildman–Crippen LogP) is 3.49. The summed E-state index contributed by atoms with van der Waals surface area (Å²) < 4.78 is 28.7. The van der Waals surface area contributed by atoms with Crippen LogP contribution in [0.15, 0.2) is 24.5 Å². The molecule has 5 N–H and O–H groups in total. The number of nitrogens with one attached hydrogen (secondary N) is 3. The lowest BCUT2D eigenvalue weighted by atomic mass is 10.0. The van der Waals surface area contributed by atoms with Crippen molar-refractivity contribution in [2.75, 3.05) is 13.6 Å². The van der Waals surface area contributed by atoms with Crippen LogP contribution in [0.3, 0.4) is 0 Å². The number of halogens is 2. The highest BCUT2D eigenvalue weighted by molar-refractivity contribution is 5.83. The molecule has 33 heavy (non-hydrogen) atoms. The number of carbonyl (C=O) groups is 1. The van der Waals surface area contributed by atoms with E-state index in [1.54, 1.807) is 24.1 Å². The maximum Gasteiger partial charge on any atom is 0.229 e. The van der Waals surface area contributed by atoms with Crippen molar-refractivity contribution < 1.29 is 13.6 Å². The number of rotatable bonds is 7. The second-order valence-electron chi connectivity index (χ2n) is 8.73. The van der Waals surface area contributed by atoms with E-state index >= 15 is 0 Å². The summed E-state index contributed by atoms with van der Waals surface area (Å²) in [6.45, 7) is 2.15. The van der Waals surface area contributed by atoms with Crippen LogP contribution in [0, 0.1) is 11.6 Å². The Morgan fingerprint density at radius 1 is 1.36 bits per heavy atom. The molecule has 7 nitrogen and oxygen atoms in total. The number of aromatic nitrogens is 2. The lowest BCUT2D eigenvalue weighted by molar-refractivity contribution is -0.122. The van der Waals surface area contributed by atoms with Crippen LogP contribution in [0.25, 0.3) is 11.6 Å². The van der Waals surface area contributed by atoms with E-state index in [4.69, 9.17) is 5.73 Å². The summed E-state index contributed by atoms with van der Waals surface area (Å²) in [5, 5.41) is 4.51. The van der Waals surface area contributed by atoms with Crippen LogP contribution < -0.4 is 16.5 Å². The van der Waals surface area contributed by atoms with Crippen LogP contribution in [0.5, 0.6) is 0 Å². The van der Waals surface area contributed by atoms with Crippen LogP contribution in [-0.2, 0) is 11.3 Å². The van der Waals surface area contributed by atoms with Crippen molar-refractivity contribution >= 4 is 17.6 Å². The third-order valence-electron chi connectivity index (χ3n) is 6.40. The molecule has 2 aromatic rings. The SMILES string of the molecule is CC(C(=O)NCc1cc(C2=CN(C)NC2)cc(F)c1F)c1[nH]c(C2CCCC2)nc1/C=C\N. The minimum Gasteiger partial charge on any atom is -0.405 e. The summed E-state index contributed by atoms with van der Waals surface area (Å²) in [5.74, 6) is -1.54. The van der Waals surface area contributed by atoms with E-state index in [0.717, 1.165) is 24.2 Å². The van der Waals surface area contributed by atoms with Crippen molar-refractivity contribution in [2.24, 2.45) is 5.73 Å². The standard InChI is InChI=1S/C24H30F2N6O/c1-14(22-20(7-8-27)30-23(31-22)15-5-3-4-6-15)24(33)28-11-17-9-16(10-19(25)21(17)26)18-12-29-32(2)13-18/h7-10,13-15,29H,3-6,11-12,27H2,1-2H3,(H,28,33)(H,30,31)/b8-7-. The van der Waals surface area contributed by atoms with Crippen molar-refractivity contribution in [1.82, 2.24) is 25.7 Å². The van der Waals surface area contributed by atoms with E-state index in [-0.39, 0.29) is 18.0 Å². The molecule has 2 aliphatic rings. The molecule has 1 aromatic heterocycles. The fourth-order valence-corrected chi connectivity index (χ4v) is 4.50. The van der Waals surface area contributed by atoms with Gasteiger partial charge in [0.15, 0.2) is 11.6 Å². The smallest absolute Gasteiger partial charge is 0.229 e. The van der Waals surface area contributed by atoms with E-state index in [0.29, 0.717) is 29.4 Å². The number of hydrazine groups is 1. The summed E-state index contributed by atoms with van der Waals surface area (Å²) in [7, 11) is 1.83. The normalized spacial score (nSPS) is 17.7. The molecule has 0 bridgehead atoms. The van der Waals surface area contributed by atoms with Gasteiger partial charge < -0.3 is 21.0 Å². The average molecular weight is 457 g/mol. The highest BCUT2D eigenvalue weighted by atomic mass is 19.2. The molecule has 9 heteroatoms. The van der Waals surface area contributed by atoms with Gasteiger partial charge in [0, 0.05) is 37.8 Å². The van der Waals surface area contributed by atoms with Crippen LogP contribution in [0.1, 0.15) is 72.8 Å². The fourth-order valence-electron chi connectivity index (χ4n) is 4.50. The summed E-state index contributed by atoms with van der Waals surface area (Å²) in [6.07, 6.45) is 9.38. The first-order valence-electron chi connectivity index (χ1n) is 11.3. The first-order valence-corrected chi connectivity index (χ1v) is 11.3. The summed E-state index contributed by atoms with van der Waals surface area (Å²) in [6, 6.07) is 2.75. The number of hydrogen-bond donors (Lipinski definition) is 4. The van der Waals surface area contributed by atoms with Crippen LogP contribution in [0.2, 0.25) is 0 Å². The minimum absolute atomic E-state index is 0.0966. The van der Waals surface area contributed by atoms with Gasteiger partial charge in [-0.05, 0) is 55.3 Å². The Morgan fingerprint density at radius 2 is 2.12 bits per heavy atom. The molecule has 1 aromatic carbocycles. The second kappa shape index (κ2) is 9.74. The molecule has 4 rings (SSSR count). The van der Waals surface area contributed by atoms with Gasteiger partial charge in [-0.1, -0.05) is 12.8 Å². The van der Waals surface area contributed by atoms with Gasteiger partial charge in [0.1, 0.15) is 5.82 Å². The first-order chi connectivity index (χ1) is 15.9. The molecule has 1 aliphatic carbocycles. The highest BCUT2D eigenvalue weighted by Crippen LogP contribution is 2.34. The number of H-pyrrole nitrogens is 1. The van der Waals surface area contributed by atoms with E-state index in [2.05, 4.69) is 20.7 Å². The number of benzene rings is 1. The number of imidazole rings is 1. The molecular weight excluding hydrogens is 426 g/mol. The zero-order valence-electron chi connectivity index (χ0n) is 18.9. The van der Waals surface area contributed by atoms with Gasteiger partial charge in [0.2, 0.25) is 5.91 Å². The Hall–Kier alpha value is -3.20. The Kier molecular flexibility index (Phi) is 6.78. The van der Waals surface area contributed by atoms with Crippen LogP contribution in [-0.4, -0.2) is 34.5 Å². The van der Waals surface area contributed by atoms with Gasteiger partial charge >= 0.3 is 0 Å². The van der Waals surface area contributed by atoms with E-state index < -0.39 is 17.6 Å². The van der Waals surface area contributed by atoms with Crippen molar-refractivity contribution in [2.45, 2.75) is 51.0 Å². The van der Waals surface area contributed by atoms with Gasteiger partial charge in [-0.2, -0.15) is 0 Å². The monoisotopic (exact) mass is 456 g/mol. The third kappa shape index (κ3) is 4.93. The maximum atomic E-state index is 14.4. The highest BCUT2D eigenvalue weighted by Gasteiger charge is 2.26. The summed E-state index contributed by atoms with van der Waals surface area (Å²) >= 11 is 0. The zero-order valence-corrected chi connectivity index (χ0v) is 18.9. The fraction of sp³-hybridized carbons (Fsp3) is 0.417. The molecule has 1 aliphatic heterocycles. The Bertz CT molecular complexity index is 1090. The molecule has 176 valence electrons. The van der Waals surface area contributed by atoms with Crippen molar-refractivity contribution in [1.29, 1.82) is 0 Å². The molecule has 1 fully saturated rings. The molecule has 1 atom stereocenters. The summed E-state index contributed by atoms with van der Waals surface area (Å²) in [4.78, 5) is 20.9. The van der Waals surface area contributed by atoms with E-state index in [9.17, 15) is 13.6 Å². The van der Waals surface area contributed by atoms with Gasteiger partial charge in [-0.3, -0.25) is 4.79 Å². The number of amides is 1. The lowest BCUT2D eigenvalue weighted by Crippen LogP contribution is -2.28. The Morgan fingerprint density at radius 3 is 2.79 bits per heavy atom.